The lowest BCUT2D eigenvalue weighted by Crippen LogP contribution is -2.28. The van der Waals surface area contributed by atoms with Crippen molar-refractivity contribution >= 4 is 17.7 Å². The van der Waals surface area contributed by atoms with Gasteiger partial charge in [0, 0.05) is 23.6 Å². The summed E-state index contributed by atoms with van der Waals surface area (Å²) in [4.78, 5) is 12.9. The monoisotopic (exact) mass is 264 g/mol. The number of benzene rings is 1. The van der Waals surface area contributed by atoms with Crippen molar-refractivity contribution in [3.05, 3.63) is 30.3 Å². The maximum absolute atomic E-state index is 11.7. The number of nitrogens with one attached hydrogen (secondary N) is 2. The van der Waals surface area contributed by atoms with E-state index < -0.39 is 0 Å². The average molecular weight is 264 g/mol. The molecule has 1 atom stereocenters. The second kappa shape index (κ2) is 7.44. The Bertz CT molecular complexity index is 363. The molecule has 0 bridgehead atoms. The van der Waals surface area contributed by atoms with E-state index in [0.29, 0.717) is 12.3 Å². The standard InChI is InChI=1S/C14H20N2OS/c17-14(10-12-6-7-15-11-12)16-8-9-18-13-4-2-1-3-5-13/h1-5,12,15H,6-11H2,(H,16,17). The number of hydrogen-bond acceptors (Lipinski definition) is 3. The van der Waals surface area contributed by atoms with Gasteiger partial charge in [-0.05, 0) is 37.6 Å². The fourth-order valence-corrected chi connectivity index (χ4v) is 2.89. The Hall–Kier alpha value is -1.00. The highest BCUT2D eigenvalue weighted by Gasteiger charge is 2.17. The minimum Gasteiger partial charge on any atom is -0.355 e. The summed E-state index contributed by atoms with van der Waals surface area (Å²) in [6, 6.07) is 10.3. The van der Waals surface area contributed by atoms with E-state index in [4.69, 9.17) is 0 Å². The molecule has 1 aromatic carbocycles. The van der Waals surface area contributed by atoms with Crippen LogP contribution in [0.2, 0.25) is 0 Å². The number of carbonyl (C=O) groups excluding carboxylic acids is 1. The molecule has 2 rings (SSSR count). The molecule has 1 aromatic rings. The summed E-state index contributed by atoms with van der Waals surface area (Å²) in [7, 11) is 0. The Labute approximate surface area is 113 Å². The van der Waals surface area contributed by atoms with E-state index in [9.17, 15) is 4.79 Å². The van der Waals surface area contributed by atoms with Crippen molar-refractivity contribution in [2.75, 3.05) is 25.4 Å². The fourth-order valence-electron chi connectivity index (χ4n) is 2.10. The molecule has 0 aromatic heterocycles. The Kier molecular flexibility index (Phi) is 5.55. The lowest BCUT2D eigenvalue weighted by atomic mass is 10.1. The topological polar surface area (TPSA) is 41.1 Å². The van der Waals surface area contributed by atoms with Crippen LogP contribution in [0.15, 0.2) is 35.2 Å². The normalized spacial score (nSPS) is 18.8. The van der Waals surface area contributed by atoms with Gasteiger partial charge in [-0.15, -0.1) is 11.8 Å². The van der Waals surface area contributed by atoms with E-state index in [0.717, 1.165) is 31.8 Å². The van der Waals surface area contributed by atoms with Crippen molar-refractivity contribution in [1.29, 1.82) is 0 Å². The molecule has 1 amide bonds. The lowest BCUT2D eigenvalue weighted by Gasteiger charge is -2.08. The quantitative estimate of drug-likeness (QED) is 0.609. The number of amides is 1. The predicted molar refractivity (Wildman–Crippen MR) is 75.8 cm³/mol. The van der Waals surface area contributed by atoms with Gasteiger partial charge in [0.15, 0.2) is 0 Å². The molecule has 0 aliphatic carbocycles. The fraction of sp³-hybridized carbons (Fsp3) is 0.500. The summed E-state index contributed by atoms with van der Waals surface area (Å²) >= 11 is 1.78. The number of hydrogen-bond donors (Lipinski definition) is 2. The summed E-state index contributed by atoms with van der Waals surface area (Å²) in [5.41, 5.74) is 0. The molecule has 1 heterocycles. The molecule has 1 unspecified atom stereocenters. The van der Waals surface area contributed by atoms with Crippen molar-refractivity contribution in [3.8, 4) is 0 Å². The molecule has 0 radical (unpaired) electrons. The van der Waals surface area contributed by atoms with E-state index in [2.05, 4.69) is 22.8 Å². The maximum atomic E-state index is 11.7. The van der Waals surface area contributed by atoms with Crippen LogP contribution in [0.25, 0.3) is 0 Å². The molecule has 0 spiro atoms. The molecule has 1 aliphatic rings. The average Bonchev–Trinajstić information content (AvgIpc) is 2.89. The van der Waals surface area contributed by atoms with Crippen LogP contribution in [-0.2, 0) is 4.79 Å². The summed E-state index contributed by atoms with van der Waals surface area (Å²) in [5.74, 6) is 1.66. The van der Waals surface area contributed by atoms with Gasteiger partial charge in [0.05, 0.1) is 0 Å². The van der Waals surface area contributed by atoms with Crippen molar-refractivity contribution in [2.45, 2.75) is 17.7 Å². The number of thioether (sulfide) groups is 1. The highest BCUT2D eigenvalue weighted by atomic mass is 32.2. The van der Waals surface area contributed by atoms with Gasteiger partial charge in [0.1, 0.15) is 0 Å². The highest BCUT2D eigenvalue weighted by molar-refractivity contribution is 7.99. The second-order valence-electron chi connectivity index (χ2n) is 4.57. The third kappa shape index (κ3) is 4.70. The van der Waals surface area contributed by atoms with Crippen molar-refractivity contribution in [1.82, 2.24) is 10.6 Å². The molecule has 0 saturated carbocycles. The Morgan fingerprint density at radius 2 is 2.22 bits per heavy atom. The molecule has 4 heteroatoms. The van der Waals surface area contributed by atoms with Gasteiger partial charge < -0.3 is 10.6 Å². The molecule has 1 aliphatic heterocycles. The van der Waals surface area contributed by atoms with Gasteiger partial charge in [-0.25, -0.2) is 0 Å². The third-order valence-corrected chi connectivity index (χ3v) is 4.09. The smallest absolute Gasteiger partial charge is 0.220 e. The molecular formula is C14H20N2OS. The molecule has 1 fully saturated rings. The van der Waals surface area contributed by atoms with Crippen LogP contribution < -0.4 is 10.6 Å². The molecular weight excluding hydrogens is 244 g/mol. The SMILES string of the molecule is O=C(CC1CCNC1)NCCSc1ccccc1. The summed E-state index contributed by atoms with van der Waals surface area (Å²) in [6.45, 7) is 2.80. The lowest BCUT2D eigenvalue weighted by molar-refractivity contribution is -0.121. The van der Waals surface area contributed by atoms with Crippen LogP contribution >= 0.6 is 11.8 Å². The van der Waals surface area contributed by atoms with E-state index >= 15 is 0 Å². The van der Waals surface area contributed by atoms with E-state index in [1.807, 2.05) is 18.2 Å². The zero-order valence-electron chi connectivity index (χ0n) is 10.5. The Balaban J connectivity index is 1.56. The van der Waals surface area contributed by atoms with E-state index in [-0.39, 0.29) is 5.91 Å². The second-order valence-corrected chi connectivity index (χ2v) is 5.74. The van der Waals surface area contributed by atoms with Crippen LogP contribution in [-0.4, -0.2) is 31.3 Å². The zero-order chi connectivity index (χ0) is 12.6. The number of rotatable bonds is 6. The third-order valence-electron chi connectivity index (χ3n) is 3.07. The van der Waals surface area contributed by atoms with E-state index in [1.54, 1.807) is 11.8 Å². The van der Waals surface area contributed by atoms with Crippen molar-refractivity contribution in [2.24, 2.45) is 5.92 Å². The molecule has 2 N–H and O–H groups in total. The summed E-state index contributed by atoms with van der Waals surface area (Å²) in [5, 5.41) is 6.27. The first-order chi connectivity index (χ1) is 8.84. The largest absolute Gasteiger partial charge is 0.355 e. The Morgan fingerprint density at radius 3 is 2.94 bits per heavy atom. The first-order valence-electron chi connectivity index (χ1n) is 6.50. The first-order valence-corrected chi connectivity index (χ1v) is 7.48. The molecule has 98 valence electrons. The van der Waals surface area contributed by atoms with Crippen LogP contribution in [0.3, 0.4) is 0 Å². The van der Waals surface area contributed by atoms with Gasteiger partial charge in [-0.1, -0.05) is 18.2 Å². The minimum absolute atomic E-state index is 0.192. The maximum Gasteiger partial charge on any atom is 0.220 e. The highest BCUT2D eigenvalue weighted by Crippen LogP contribution is 2.16. The first kappa shape index (κ1) is 13.4. The summed E-state index contributed by atoms with van der Waals surface area (Å²) < 4.78 is 0. The molecule has 1 saturated heterocycles. The van der Waals surface area contributed by atoms with Crippen LogP contribution in [0.1, 0.15) is 12.8 Å². The van der Waals surface area contributed by atoms with Crippen LogP contribution in [0.4, 0.5) is 0 Å². The van der Waals surface area contributed by atoms with Gasteiger partial charge in [-0.2, -0.15) is 0 Å². The van der Waals surface area contributed by atoms with Crippen molar-refractivity contribution in [3.63, 3.8) is 0 Å². The minimum atomic E-state index is 0.192. The van der Waals surface area contributed by atoms with Gasteiger partial charge in [-0.3, -0.25) is 4.79 Å². The number of carbonyl (C=O) groups is 1. The zero-order valence-corrected chi connectivity index (χ0v) is 11.3. The molecule has 18 heavy (non-hydrogen) atoms. The van der Waals surface area contributed by atoms with Gasteiger partial charge in [0.25, 0.3) is 0 Å². The van der Waals surface area contributed by atoms with Crippen molar-refractivity contribution < 1.29 is 4.79 Å². The van der Waals surface area contributed by atoms with Gasteiger partial charge in [0.2, 0.25) is 5.91 Å². The summed E-state index contributed by atoms with van der Waals surface area (Å²) in [6.07, 6.45) is 1.80. The van der Waals surface area contributed by atoms with E-state index in [1.165, 1.54) is 4.90 Å². The van der Waals surface area contributed by atoms with Gasteiger partial charge >= 0.3 is 0 Å². The predicted octanol–water partition coefficient (Wildman–Crippen LogP) is 1.89. The Morgan fingerprint density at radius 1 is 1.39 bits per heavy atom. The molecule has 3 nitrogen and oxygen atoms in total. The van der Waals surface area contributed by atoms with Crippen LogP contribution in [0, 0.1) is 5.92 Å². The van der Waals surface area contributed by atoms with Crippen LogP contribution in [0.5, 0.6) is 0 Å².